The zero-order valence-corrected chi connectivity index (χ0v) is 14.5. The zero-order valence-electron chi connectivity index (χ0n) is 14.5. The molecule has 26 heavy (non-hydrogen) atoms. The third-order valence-electron chi connectivity index (χ3n) is 4.90. The van der Waals surface area contributed by atoms with Crippen LogP contribution in [0, 0.1) is 0 Å². The van der Waals surface area contributed by atoms with Crippen molar-refractivity contribution >= 4 is 5.91 Å². The Bertz CT molecular complexity index is 858. The summed E-state index contributed by atoms with van der Waals surface area (Å²) < 4.78 is 0. The highest BCUT2D eigenvalue weighted by molar-refractivity contribution is 5.94. The fourth-order valence-corrected chi connectivity index (χ4v) is 3.41. The van der Waals surface area contributed by atoms with Crippen LogP contribution in [0.3, 0.4) is 0 Å². The molecule has 0 atom stereocenters. The minimum atomic E-state index is 0.122. The van der Waals surface area contributed by atoms with Crippen LogP contribution in [0.15, 0.2) is 67.4 Å². The molecule has 1 aliphatic heterocycles. The van der Waals surface area contributed by atoms with Gasteiger partial charge in [0.15, 0.2) is 0 Å². The number of pyridine rings is 1. The summed E-state index contributed by atoms with van der Waals surface area (Å²) >= 11 is 0. The fraction of sp³-hybridized carbons (Fsp3) is 0.238. The van der Waals surface area contributed by atoms with Crippen LogP contribution in [0.1, 0.15) is 34.8 Å². The first-order chi connectivity index (χ1) is 12.8. The lowest BCUT2D eigenvalue weighted by molar-refractivity contribution is 0.0712. The van der Waals surface area contributed by atoms with Gasteiger partial charge >= 0.3 is 0 Å². The number of piperidine rings is 1. The monoisotopic (exact) mass is 344 g/mol. The first-order valence-electron chi connectivity index (χ1n) is 8.87. The largest absolute Gasteiger partial charge is 0.339 e. The van der Waals surface area contributed by atoms with E-state index in [1.807, 2.05) is 41.4 Å². The molecule has 0 N–H and O–H groups in total. The summed E-state index contributed by atoms with van der Waals surface area (Å²) in [6, 6.07) is 13.7. The minimum absolute atomic E-state index is 0.122. The highest BCUT2D eigenvalue weighted by Crippen LogP contribution is 2.28. The number of nitrogens with zero attached hydrogens (tertiary/aromatic N) is 4. The van der Waals surface area contributed by atoms with E-state index in [-0.39, 0.29) is 5.91 Å². The van der Waals surface area contributed by atoms with Crippen molar-refractivity contribution in [3.63, 3.8) is 0 Å². The normalized spacial score (nSPS) is 15.0. The molecule has 1 saturated heterocycles. The molecule has 2 aromatic heterocycles. The first-order valence-corrected chi connectivity index (χ1v) is 8.87. The minimum Gasteiger partial charge on any atom is -0.339 e. The number of rotatable bonds is 3. The Balaban J connectivity index is 1.40. The van der Waals surface area contributed by atoms with Gasteiger partial charge in [-0.15, -0.1) is 0 Å². The molecule has 1 aromatic carbocycles. The van der Waals surface area contributed by atoms with Crippen LogP contribution >= 0.6 is 0 Å². The fourth-order valence-electron chi connectivity index (χ4n) is 3.41. The summed E-state index contributed by atoms with van der Waals surface area (Å²) in [5, 5.41) is 0. The number of benzene rings is 1. The van der Waals surface area contributed by atoms with Crippen LogP contribution < -0.4 is 0 Å². The summed E-state index contributed by atoms with van der Waals surface area (Å²) in [5.41, 5.74) is 3.84. The number of carbonyl (C=O) groups excluding carboxylic acids is 1. The van der Waals surface area contributed by atoms with Crippen LogP contribution in [0.4, 0.5) is 0 Å². The molecule has 0 spiro atoms. The molecule has 3 heterocycles. The summed E-state index contributed by atoms with van der Waals surface area (Å²) in [5.74, 6) is 0.521. The second-order valence-corrected chi connectivity index (χ2v) is 6.53. The van der Waals surface area contributed by atoms with E-state index in [1.54, 1.807) is 12.4 Å². The highest BCUT2D eigenvalue weighted by Gasteiger charge is 2.25. The van der Waals surface area contributed by atoms with E-state index < -0.39 is 0 Å². The van der Waals surface area contributed by atoms with Crippen LogP contribution in [-0.4, -0.2) is 38.8 Å². The Morgan fingerprint density at radius 2 is 1.62 bits per heavy atom. The Kier molecular flexibility index (Phi) is 4.69. The molecule has 0 bridgehead atoms. The molecule has 0 saturated carbocycles. The lowest BCUT2D eigenvalue weighted by atomic mass is 9.92. The van der Waals surface area contributed by atoms with Crippen molar-refractivity contribution in [2.24, 2.45) is 0 Å². The topological polar surface area (TPSA) is 59.0 Å². The standard InChI is InChI=1S/C21H20N4O/c26-21(17-4-2-1-3-5-17)25-10-8-16(9-11-25)20-7-6-18(14-24-20)19-12-22-15-23-13-19/h1-7,12-16H,8-11H2. The van der Waals surface area contributed by atoms with Gasteiger partial charge in [0.2, 0.25) is 0 Å². The molecule has 3 aromatic rings. The maximum atomic E-state index is 12.5. The molecular formula is C21H20N4O. The van der Waals surface area contributed by atoms with Crippen molar-refractivity contribution in [3.8, 4) is 11.1 Å². The maximum absolute atomic E-state index is 12.5. The van der Waals surface area contributed by atoms with E-state index in [4.69, 9.17) is 0 Å². The van der Waals surface area contributed by atoms with E-state index in [0.29, 0.717) is 5.92 Å². The van der Waals surface area contributed by atoms with Crippen LogP contribution in [0.5, 0.6) is 0 Å². The van der Waals surface area contributed by atoms with Crippen LogP contribution in [0.2, 0.25) is 0 Å². The van der Waals surface area contributed by atoms with E-state index in [0.717, 1.165) is 48.3 Å². The van der Waals surface area contributed by atoms with Crippen LogP contribution in [-0.2, 0) is 0 Å². The van der Waals surface area contributed by atoms with Crippen molar-refractivity contribution in [1.29, 1.82) is 0 Å². The van der Waals surface area contributed by atoms with Crippen molar-refractivity contribution in [3.05, 3.63) is 78.6 Å². The molecule has 5 nitrogen and oxygen atoms in total. The number of hydrogen-bond donors (Lipinski definition) is 0. The van der Waals surface area contributed by atoms with Gasteiger partial charge in [0, 0.05) is 60.0 Å². The van der Waals surface area contributed by atoms with E-state index >= 15 is 0 Å². The number of carbonyl (C=O) groups is 1. The van der Waals surface area contributed by atoms with Crippen molar-refractivity contribution in [2.75, 3.05) is 13.1 Å². The summed E-state index contributed by atoms with van der Waals surface area (Å²) in [6.07, 6.45) is 8.87. The van der Waals surface area contributed by atoms with E-state index in [2.05, 4.69) is 27.1 Å². The lowest BCUT2D eigenvalue weighted by Gasteiger charge is -2.31. The predicted octanol–water partition coefficient (Wildman–Crippen LogP) is 3.56. The van der Waals surface area contributed by atoms with Gasteiger partial charge < -0.3 is 4.90 Å². The average Bonchev–Trinajstić information content (AvgIpc) is 2.75. The van der Waals surface area contributed by atoms with Gasteiger partial charge in [-0.3, -0.25) is 9.78 Å². The Labute approximate surface area is 152 Å². The molecule has 1 aliphatic rings. The number of hydrogen-bond acceptors (Lipinski definition) is 4. The second-order valence-electron chi connectivity index (χ2n) is 6.53. The highest BCUT2D eigenvalue weighted by atomic mass is 16.2. The SMILES string of the molecule is O=C(c1ccccc1)N1CCC(c2ccc(-c3cncnc3)cn2)CC1. The summed E-state index contributed by atoms with van der Waals surface area (Å²) in [7, 11) is 0. The maximum Gasteiger partial charge on any atom is 0.253 e. The third-order valence-corrected chi connectivity index (χ3v) is 4.90. The summed E-state index contributed by atoms with van der Waals surface area (Å²) in [6.45, 7) is 1.54. The number of amides is 1. The van der Waals surface area contributed by atoms with Crippen LogP contribution in [0.25, 0.3) is 11.1 Å². The molecule has 0 unspecified atom stereocenters. The molecule has 130 valence electrons. The van der Waals surface area contributed by atoms with Gasteiger partial charge in [0.05, 0.1) is 0 Å². The Morgan fingerprint density at radius 1 is 0.885 bits per heavy atom. The van der Waals surface area contributed by atoms with Gasteiger partial charge in [-0.1, -0.05) is 24.3 Å². The molecule has 4 rings (SSSR count). The average molecular weight is 344 g/mol. The smallest absolute Gasteiger partial charge is 0.253 e. The van der Waals surface area contributed by atoms with Crippen molar-refractivity contribution < 1.29 is 4.79 Å². The lowest BCUT2D eigenvalue weighted by Crippen LogP contribution is -2.38. The van der Waals surface area contributed by atoms with Gasteiger partial charge in [0.1, 0.15) is 6.33 Å². The van der Waals surface area contributed by atoms with Gasteiger partial charge in [-0.2, -0.15) is 0 Å². The predicted molar refractivity (Wildman–Crippen MR) is 99.6 cm³/mol. The quantitative estimate of drug-likeness (QED) is 0.729. The molecule has 0 aliphatic carbocycles. The van der Waals surface area contributed by atoms with E-state index in [9.17, 15) is 4.79 Å². The molecule has 5 heteroatoms. The molecular weight excluding hydrogens is 324 g/mol. The molecule has 0 radical (unpaired) electrons. The van der Waals surface area contributed by atoms with Crippen molar-refractivity contribution in [2.45, 2.75) is 18.8 Å². The zero-order chi connectivity index (χ0) is 17.8. The number of likely N-dealkylation sites (tertiary alicyclic amines) is 1. The first kappa shape index (κ1) is 16.4. The Morgan fingerprint density at radius 3 is 2.27 bits per heavy atom. The van der Waals surface area contributed by atoms with E-state index in [1.165, 1.54) is 6.33 Å². The Hall–Kier alpha value is -3.08. The number of aromatic nitrogens is 3. The third kappa shape index (κ3) is 3.47. The van der Waals surface area contributed by atoms with Crippen molar-refractivity contribution in [1.82, 2.24) is 19.9 Å². The van der Waals surface area contributed by atoms with Gasteiger partial charge in [-0.25, -0.2) is 9.97 Å². The molecule has 1 fully saturated rings. The summed E-state index contributed by atoms with van der Waals surface area (Å²) in [4.78, 5) is 27.2. The second kappa shape index (κ2) is 7.44. The van der Waals surface area contributed by atoms with Gasteiger partial charge in [0.25, 0.3) is 5.91 Å². The molecule has 1 amide bonds. The van der Waals surface area contributed by atoms with Gasteiger partial charge in [-0.05, 0) is 31.0 Å².